The average molecular weight is 1020 g/mol. The van der Waals surface area contributed by atoms with Crippen LogP contribution in [0.5, 0.6) is 0 Å². The Labute approximate surface area is 435 Å². The van der Waals surface area contributed by atoms with Crippen LogP contribution in [0.15, 0.2) is 156 Å². The fourth-order valence-corrected chi connectivity index (χ4v) is 9.61. The van der Waals surface area contributed by atoms with Gasteiger partial charge < -0.3 is 53.5 Å². The summed E-state index contributed by atoms with van der Waals surface area (Å²) in [5, 5.41) is 24.2. The summed E-state index contributed by atoms with van der Waals surface area (Å²) >= 11 is 0. The number of aliphatic hydroxyl groups excluding tert-OH is 1. The third-order valence-corrected chi connectivity index (χ3v) is 13.3. The predicted molar refractivity (Wildman–Crippen MR) is 296 cm³/mol. The zero-order valence-electron chi connectivity index (χ0n) is 43.5. The van der Waals surface area contributed by atoms with Crippen LogP contribution in [-0.2, 0) is 19.7 Å². The number of aromatic amines is 4. The zero-order valence-corrected chi connectivity index (χ0v) is 43.5. The number of anilines is 1. The molecule has 7 N–H and O–H groups in total. The van der Waals surface area contributed by atoms with Gasteiger partial charge in [-0.1, -0.05) is 51.9 Å². The van der Waals surface area contributed by atoms with Crippen LogP contribution < -0.4 is 22.4 Å². The van der Waals surface area contributed by atoms with Crippen molar-refractivity contribution in [2.45, 2.75) is 75.1 Å². The summed E-state index contributed by atoms with van der Waals surface area (Å²) in [5.41, 5.74) is 21.6. The van der Waals surface area contributed by atoms with Crippen molar-refractivity contribution >= 4 is 38.4 Å². The number of aromatic nitrogens is 9. The van der Waals surface area contributed by atoms with E-state index in [1.54, 1.807) is 28.3 Å². The lowest BCUT2D eigenvalue weighted by atomic mass is 10.0. The number of aryl methyl sites for hydroxylation is 8. The first-order valence-corrected chi connectivity index (χ1v) is 24.6. The predicted octanol–water partition coefficient (Wildman–Crippen LogP) is 10.8. The van der Waals surface area contributed by atoms with Gasteiger partial charge in [-0.3, -0.25) is 14.4 Å². The van der Waals surface area contributed by atoms with Crippen molar-refractivity contribution in [1.82, 2.24) is 44.5 Å². The van der Waals surface area contributed by atoms with Gasteiger partial charge in [0, 0.05) is 114 Å². The summed E-state index contributed by atoms with van der Waals surface area (Å²) in [6, 6.07) is 29.4. The molecule has 0 bridgehead atoms. The normalized spacial score (nSPS) is 11.1. The van der Waals surface area contributed by atoms with E-state index >= 15 is 0 Å². The van der Waals surface area contributed by atoms with Gasteiger partial charge in [-0.25, -0.2) is 0 Å². The SMILES string of the molecule is Cc1noc(C)c1-c1c[nH]c(=O)c(C)c1.Cc1noc(C)c1-c1cc(C)c(=O)n(Cc2cccc3[nH]ccc23)c1.Cc1noc(C)c1-c1cc(N)c(=O)n(Cc2cccc3[nH]ccc23)c1.OCc1cccc2[nH]ccc12. The van der Waals surface area contributed by atoms with E-state index in [-0.39, 0.29) is 29.0 Å². The smallest absolute Gasteiger partial charge is 0.274 e. The number of pyridine rings is 3. The Balaban J connectivity index is 0.000000130. The Morgan fingerprint density at radius 3 is 1.34 bits per heavy atom. The monoisotopic (exact) mass is 1020 g/mol. The van der Waals surface area contributed by atoms with Crippen LogP contribution >= 0.6 is 0 Å². The second-order valence-corrected chi connectivity index (χ2v) is 18.7. The number of hydrogen-bond donors (Lipinski definition) is 6. The molecule has 0 unspecified atom stereocenters. The molecule has 0 saturated carbocycles. The van der Waals surface area contributed by atoms with Gasteiger partial charge in [0.1, 0.15) is 17.3 Å². The summed E-state index contributed by atoms with van der Waals surface area (Å²) in [6.45, 7) is 16.0. The number of benzene rings is 3. The van der Waals surface area contributed by atoms with Crippen molar-refractivity contribution in [3.8, 4) is 33.4 Å². The third kappa shape index (κ3) is 10.6. The standard InChI is InChI=1S/C20H19N3O2.C19H18N4O2.C11H12N2O2.C9H9NO/c1-12-9-16(19-13(2)22-25-14(19)3)11-23(20(12)24)10-15-5-4-6-18-17(15)7-8-21-18;1-11-18(12(2)25-22-11)14-8-16(20)19(24)23(10-14)9-13-4-3-5-17-15(13)6-7-21-17;1-6-4-9(5-12-11(6)14)10-7(2)13-15-8(10)3;11-6-7-2-1-3-9-8(7)4-5-10-9/h4-9,11,21H,10H2,1-3H3;3-8,10,21H,9,20H2,1-2H3;4-5H,1-3H3,(H,12,14);1-5,10-11H,6H2. The molecule has 17 heteroatoms. The first-order chi connectivity index (χ1) is 36.6. The second kappa shape index (κ2) is 21.9. The number of nitrogens with two attached hydrogens (primary N) is 1. The Bertz CT molecular complexity index is 3970. The van der Waals surface area contributed by atoms with E-state index < -0.39 is 0 Å². The van der Waals surface area contributed by atoms with Crippen molar-refractivity contribution in [2.75, 3.05) is 5.73 Å². The van der Waals surface area contributed by atoms with Crippen LogP contribution in [-0.4, -0.2) is 49.6 Å². The largest absolute Gasteiger partial charge is 0.394 e. The first-order valence-electron chi connectivity index (χ1n) is 24.6. The minimum absolute atomic E-state index is 0.0167. The van der Waals surface area contributed by atoms with Crippen LogP contribution in [0.25, 0.3) is 66.1 Å². The van der Waals surface area contributed by atoms with E-state index in [1.807, 2.05) is 158 Å². The Morgan fingerprint density at radius 1 is 0.500 bits per heavy atom. The first kappa shape index (κ1) is 51.4. The molecule has 9 heterocycles. The van der Waals surface area contributed by atoms with E-state index in [0.717, 1.165) is 111 Å². The highest BCUT2D eigenvalue weighted by molar-refractivity contribution is 5.84. The number of aliphatic hydroxyl groups is 1. The summed E-state index contributed by atoms with van der Waals surface area (Å²) in [6.07, 6.45) is 11.1. The molecule has 386 valence electrons. The van der Waals surface area contributed by atoms with Crippen molar-refractivity contribution in [1.29, 1.82) is 0 Å². The van der Waals surface area contributed by atoms with Gasteiger partial charge in [-0.2, -0.15) is 0 Å². The van der Waals surface area contributed by atoms with Crippen LogP contribution in [0.1, 0.15) is 62.2 Å². The minimum Gasteiger partial charge on any atom is -0.394 e. The average Bonchev–Trinajstić information content (AvgIpc) is 4.30. The molecule has 3 aromatic carbocycles. The van der Waals surface area contributed by atoms with Gasteiger partial charge in [-0.05, 0) is 127 Å². The van der Waals surface area contributed by atoms with Crippen LogP contribution in [0, 0.1) is 55.4 Å². The highest BCUT2D eigenvalue weighted by Gasteiger charge is 2.17. The molecule has 0 aliphatic heterocycles. The fourth-order valence-electron chi connectivity index (χ4n) is 9.61. The molecule has 12 rings (SSSR count). The molecule has 0 aliphatic carbocycles. The quantitative estimate of drug-likeness (QED) is 0.0835. The molecule has 0 aliphatic rings. The zero-order chi connectivity index (χ0) is 53.8. The van der Waals surface area contributed by atoms with Gasteiger partial charge in [-0.15, -0.1) is 0 Å². The van der Waals surface area contributed by atoms with Crippen molar-refractivity contribution in [2.24, 2.45) is 0 Å². The van der Waals surface area contributed by atoms with E-state index in [4.69, 9.17) is 24.4 Å². The molecule has 0 radical (unpaired) electrons. The number of rotatable bonds is 8. The maximum Gasteiger partial charge on any atom is 0.274 e. The summed E-state index contributed by atoms with van der Waals surface area (Å²) < 4.78 is 19.0. The lowest BCUT2D eigenvalue weighted by molar-refractivity contribution is 0.283. The summed E-state index contributed by atoms with van der Waals surface area (Å²) in [5.74, 6) is 2.23. The number of hydrogen-bond acceptors (Lipinski definition) is 11. The maximum absolute atomic E-state index is 12.7. The Morgan fingerprint density at radius 2 is 0.908 bits per heavy atom. The second-order valence-electron chi connectivity index (χ2n) is 18.7. The molecular formula is C59H58N10O7. The number of H-pyrrole nitrogens is 4. The fraction of sp³-hybridized carbons (Fsp3) is 0.186. The highest BCUT2D eigenvalue weighted by Crippen LogP contribution is 2.30. The van der Waals surface area contributed by atoms with E-state index in [1.165, 1.54) is 0 Å². The Kier molecular flexibility index (Phi) is 14.8. The summed E-state index contributed by atoms with van der Waals surface area (Å²) in [7, 11) is 0. The van der Waals surface area contributed by atoms with Gasteiger partial charge in [0.05, 0.1) is 42.5 Å². The van der Waals surface area contributed by atoms with Gasteiger partial charge >= 0.3 is 0 Å². The lowest BCUT2D eigenvalue weighted by Crippen LogP contribution is -2.23. The molecule has 0 spiro atoms. The number of nitrogens with zero attached hydrogens (tertiary/aromatic N) is 5. The van der Waals surface area contributed by atoms with Crippen molar-refractivity contribution < 1.29 is 18.7 Å². The van der Waals surface area contributed by atoms with Crippen LogP contribution in [0.3, 0.4) is 0 Å². The number of nitrogen functional groups attached to an aromatic ring is 1. The summed E-state index contributed by atoms with van der Waals surface area (Å²) in [4.78, 5) is 48.6. The highest BCUT2D eigenvalue weighted by atomic mass is 16.5. The molecule has 12 aromatic rings. The molecule has 17 nitrogen and oxygen atoms in total. The molecule has 0 amide bonds. The molecule has 76 heavy (non-hydrogen) atoms. The lowest BCUT2D eigenvalue weighted by Gasteiger charge is -2.11. The molecule has 0 atom stereocenters. The molecule has 0 fully saturated rings. The van der Waals surface area contributed by atoms with Crippen molar-refractivity contribution in [3.63, 3.8) is 0 Å². The number of fused-ring (bicyclic) bond motifs is 3. The van der Waals surface area contributed by atoms with Crippen LogP contribution in [0.4, 0.5) is 5.69 Å². The molecular weight excluding hydrogens is 961 g/mol. The minimum atomic E-state index is -0.206. The molecule has 0 saturated heterocycles. The topological polar surface area (TPSA) is 249 Å². The molecule has 9 aromatic heterocycles. The Hall–Kier alpha value is -9.48. The van der Waals surface area contributed by atoms with Gasteiger partial charge in [0.2, 0.25) is 0 Å². The van der Waals surface area contributed by atoms with E-state index in [2.05, 4.69) is 41.5 Å². The van der Waals surface area contributed by atoms with E-state index in [0.29, 0.717) is 30.0 Å². The van der Waals surface area contributed by atoms with Gasteiger partial charge in [0.25, 0.3) is 16.7 Å². The van der Waals surface area contributed by atoms with Crippen LogP contribution in [0.2, 0.25) is 0 Å². The van der Waals surface area contributed by atoms with Crippen molar-refractivity contribution in [3.05, 3.63) is 221 Å². The number of nitrogens with one attached hydrogen (secondary N) is 4. The third-order valence-electron chi connectivity index (χ3n) is 13.3. The van der Waals surface area contributed by atoms with E-state index in [9.17, 15) is 14.4 Å². The maximum atomic E-state index is 12.7. The van der Waals surface area contributed by atoms with Gasteiger partial charge in [0.15, 0.2) is 0 Å².